The summed E-state index contributed by atoms with van der Waals surface area (Å²) < 4.78 is 31.1. The fourth-order valence-electron chi connectivity index (χ4n) is 2.24. The number of nitrogens with one attached hydrogen (secondary N) is 2. The van der Waals surface area contributed by atoms with Crippen LogP contribution in [0.25, 0.3) is 0 Å². The number of carbonyl (C=O) groups is 1. The van der Waals surface area contributed by atoms with E-state index in [1.807, 2.05) is 0 Å². The van der Waals surface area contributed by atoms with Crippen molar-refractivity contribution in [3.05, 3.63) is 0 Å². The lowest BCUT2D eigenvalue weighted by Gasteiger charge is -2.22. The number of alkyl halides is 2. The highest BCUT2D eigenvalue weighted by atomic mass is 35.5. The highest BCUT2D eigenvalue weighted by Gasteiger charge is 2.42. The van der Waals surface area contributed by atoms with Crippen LogP contribution in [0.4, 0.5) is 8.78 Å². The Labute approximate surface area is 111 Å². The fraction of sp³-hybridized carbons (Fsp3) is 0.909. The molecule has 0 aliphatic carbocycles. The van der Waals surface area contributed by atoms with E-state index in [0.29, 0.717) is 19.1 Å². The summed E-state index contributed by atoms with van der Waals surface area (Å²) in [6.45, 7) is 1.54. The molecule has 2 aliphatic rings. The molecular weight excluding hydrogens is 266 g/mol. The van der Waals surface area contributed by atoms with Gasteiger partial charge in [0.25, 0.3) is 5.92 Å². The SMILES string of the molecule is Cl.O=C(NCC1CCCOC1)C1CC(F)(F)CN1. The Kier molecular flexibility index (Phi) is 5.75. The molecule has 0 aromatic heterocycles. The maximum atomic E-state index is 12.9. The predicted octanol–water partition coefficient (Wildman–Crippen LogP) is 0.948. The number of hydrogen-bond acceptors (Lipinski definition) is 3. The normalized spacial score (nSPS) is 30.6. The maximum absolute atomic E-state index is 12.9. The first-order valence-electron chi connectivity index (χ1n) is 6.03. The Morgan fingerprint density at radius 2 is 2.28 bits per heavy atom. The molecule has 2 fully saturated rings. The average molecular weight is 285 g/mol. The van der Waals surface area contributed by atoms with Crippen LogP contribution in [0.2, 0.25) is 0 Å². The number of amides is 1. The minimum absolute atomic E-state index is 0. The lowest BCUT2D eigenvalue weighted by atomic mass is 10.0. The molecule has 0 aromatic carbocycles. The van der Waals surface area contributed by atoms with Crippen LogP contribution in [0, 0.1) is 5.92 Å². The quantitative estimate of drug-likeness (QED) is 0.811. The number of rotatable bonds is 3. The van der Waals surface area contributed by atoms with Crippen molar-refractivity contribution in [3.8, 4) is 0 Å². The van der Waals surface area contributed by atoms with Crippen molar-refractivity contribution < 1.29 is 18.3 Å². The van der Waals surface area contributed by atoms with Crippen molar-refractivity contribution in [3.63, 3.8) is 0 Å². The van der Waals surface area contributed by atoms with Crippen LogP contribution in [0.15, 0.2) is 0 Å². The molecule has 2 rings (SSSR count). The topological polar surface area (TPSA) is 50.4 Å². The number of hydrogen-bond donors (Lipinski definition) is 2. The molecule has 2 saturated heterocycles. The van der Waals surface area contributed by atoms with Crippen LogP contribution in [-0.2, 0) is 9.53 Å². The molecular formula is C11H19ClF2N2O2. The summed E-state index contributed by atoms with van der Waals surface area (Å²) in [5, 5.41) is 5.26. The van der Waals surface area contributed by atoms with E-state index in [9.17, 15) is 13.6 Å². The second-order valence-electron chi connectivity index (χ2n) is 4.82. The molecule has 0 saturated carbocycles. The zero-order chi connectivity index (χ0) is 12.3. The van der Waals surface area contributed by atoms with Crippen molar-refractivity contribution in [1.29, 1.82) is 0 Å². The molecule has 18 heavy (non-hydrogen) atoms. The van der Waals surface area contributed by atoms with Crippen LogP contribution in [-0.4, -0.2) is 44.2 Å². The predicted molar refractivity (Wildman–Crippen MR) is 65.2 cm³/mol. The zero-order valence-electron chi connectivity index (χ0n) is 10.1. The first kappa shape index (κ1) is 15.6. The summed E-state index contributed by atoms with van der Waals surface area (Å²) in [6.07, 6.45) is 1.62. The van der Waals surface area contributed by atoms with Gasteiger partial charge in [-0.25, -0.2) is 8.78 Å². The zero-order valence-corrected chi connectivity index (χ0v) is 10.9. The third kappa shape index (κ3) is 4.33. The van der Waals surface area contributed by atoms with Gasteiger partial charge in [0.05, 0.1) is 19.2 Å². The van der Waals surface area contributed by atoms with Crippen molar-refractivity contribution in [2.45, 2.75) is 31.2 Å². The summed E-state index contributed by atoms with van der Waals surface area (Å²) in [7, 11) is 0. The molecule has 0 bridgehead atoms. The van der Waals surface area contributed by atoms with Crippen molar-refractivity contribution in [2.75, 3.05) is 26.3 Å². The van der Waals surface area contributed by atoms with Crippen LogP contribution in [0.5, 0.6) is 0 Å². The standard InChI is InChI=1S/C11H18F2N2O2.ClH/c12-11(13)4-9(15-7-11)10(16)14-5-8-2-1-3-17-6-8;/h8-9,15H,1-7H2,(H,14,16);1H. The number of halogens is 3. The van der Waals surface area contributed by atoms with Gasteiger partial charge in [-0.15, -0.1) is 12.4 Å². The van der Waals surface area contributed by atoms with Crippen molar-refractivity contribution in [1.82, 2.24) is 10.6 Å². The van der Waals surface area contributed by atoms with Gasteiger partial charge in [0, 0.05) is 19.6 Å². The summed E-state index contributed by atoms with van der Waals surface area (Å²) >= 11 is 0. The van der Waals surface area contributed by atoms with E-state index >= 15 is 0 Å². The van der Waals surface area contributed by atoms with E-state index in [1.165, 1.54) is 0 Å². The highest BCUT2D eigenvalue weighted by Crippen LogP contribution is 2.25. The van der Waals surface area contributed by atoms with Gasteiger partial charge >= 0.3 is 0 Å². The summed E-state index contributed by atoms with van der Waals surface area (Å²) in [5.41, 5.74) is 0. The largest absolute Gasteiger partial charge is 0.381 e. The van der Waals surface area contributed by atoms with Gasteiger partial charge in [0.15, 0.2) is 0 Å². The molecule has 0 aromatic rings. The first-order valence-corrected chi connectivity index (χ1v) is 6.03. The van der Waals surface area contributed by atoms with Crippen LogP contribution in [0.1, 0.15) is 19.3 Å². The van der Waals surface area contributed by atoms with E-state index < -0.39 is 24.9 Å². The molecule has 1 amide bonds. The molecule has 106 valence electrons. The van der Waals surface area contributed by atoms with Gasteiger partial charge in [-0.1, -0.05) is 0 Å². The lowest BCUT2D eigenvalue weighted by molar-refractivity contribution is -0.123. The Balaban J connectivity index is 0.00000162. The van der Waals surface area contributed by atoms with Gasteiger partial charge in [-0.2, -0.15) is 0 Å². The molecule has 7 heteroatoms. The molecule has 2 atom stereocenters. The molecule has 0 radical (unpaired) electrons. The van der Waals surface area contributed by atoms with Gasteiger partial charge in [-0.05, 0) is 18.8 Å². The molecule has 2 aliphatic heterocycles. The number of carbonyl (C=O) groups excluding carboxylic acids is 1. The summed E-state index contributed by atoms with van der Waals surface area (Å²) in [4.78, 5) is 11.6. The van der Waals surface area contributed by atoms with E-state index in [4.69, 9.17) is 4.74 Å². The van der Waals surface area contributed by atoms with Crippen LogP contribution in [0.3, 0.4) is 0 Å². The Morgan fingerprint density at radius 3 is 2.83 bits per heavy atom. The Morgan fingerprint density at radius 1 is 1.50 bits per heavy atom. The van der Waals surface area contributed by atoms with Gasteiger partial charge < -0.3 is 10.1 Å². The monoisotopic (exact) mass is 284 g/mol. The molecule has 2 unspecified atom stereocenters. The third-order valence-electron chi connectivity index (χ3n) is 3.25. The highest BCUT2D eigenvalue weighted by molar-refractivity contribution is 5.85. The van der Waals surface area contributed by atoms with E-state index in [-0.39, 0.29) is 18.3 Å². The minimum atomic E-state index is -2.75. The summed E-state index contributed by atoms with van der Waals surface area (Å²) in [5.74, 6) is -2.77. The molecule has 4 nitrogen and oxygen atoms in total. The average Bonchev–Trinajstić information content (AvgIpc) is 2.68. The summed E-state index contributed by atoms with van der Waals surface area (Å²) in [6, 6.07) is -0.755. The Bertz CT molecular complexity index is 286. The molecule has 2 N–H and O–H groups in total. The smallest absolute Gasteiger partial charge is 0.262 e. The van der Waals surface area contributed by atoms with E-state index in [0.717, 1.165) is 19.4 Å². The van der Waals surface area contributed by atoms with Crippen LogP contribution < -0.4 is 10.6 Å². The van der Waals surface area contributed by atoms with Gasteiger partial charge in [0.2, 0.25) is 5.91 Å². The molecule has 0 spiro atoms. The molecule has 2 heterocycles. The van der Waals surface area contributed by atoms with Gasteiger partial charge in [0.1, 0.15) is 0 Å². The fourth-order valence-corrected chi connectivity index (χ4v) is 2.24. The van der Waals surface area contributed by atoms with Crippen molar-refractivity contribution >= 4 is 18.3 Å². The third-order valence-corrected chi connectivity index (χ3v) is 3.25. The van der Waals surface area contributed by atoms with Crippen molar-refractivity contribution in [2.24, 2.45) is 5.92 Å². The van der Waals surface area contributed by atoms with Crippen LogP contribution >= 0.6 is 12.4 Å². The first-order chi connectivity index (χ1) is 8.07. The number of ether oxygens (including phenoxy) is 1. The maximum Gasteiger partial charge on any atom is 0.262 e. The van der Waals surface area contributed by atoms with E-state index in [1.54, 1.807) is 0 Å². The minimum Gasteiger partial charge on any atom is -0.381 e. The van der Waals surface area contributed by atoms with Gasteiger partial charge in [-0.3, -0.25) is 10.1 Å². The van der Waals surface area contributed by atoms with E-state index in [2.05, 4.69) is 10.6 Å². The second kappa shape index (κ2) is 6.63. The second-order valence-corrected chi connectivity index (χ2v) is 4.82. The lowest BCUT2D eigenvalue weighted by Crippen LogP contribution is -2.43. The Hall–Kier alpha value is -0.460.